The van der Waals surface area contributed by atoms with Crippen LogP contribution in [0.3, 0.4) is 0 Å². The third-order valence-corrected chi connectivity index (χ3v) is 4.78. The fourth-order valence-electron chi connectivity index (χ4n) is 3.10. The van der Waals surface area contributed by atoms with Gasteiger partial charge < -0.3 is 4.57 Å². The molecule has 0 saturated heterocycles. The molecule has 0 N–H and O–H groups in total. The van der Waals surface area contributed by atoms with Crippen molar-refractivity contribution in [2.24, 2.45) is 0 Å². The minimum absolute atomic E-state index is 0.0296. The minimum atomic E-state index is 0.0296. The molecule has 0 saturated carbocycles. The second-order valence-electron chi connectivity index (χ2n) is 5.64. The third-order valence-electron chi connectivity index (χ3n) is 4.15. The van der Waals surface area contributed by atoms with Gasteiger partial charge in [0.2, 0.25) is 5.95 Å². The molecule has 1 aliphatic heterocycles. The number of benzene rings is 2. The van der Waals surface area contributed by atoms with Gasteiger partial charge in [0, 0.05) is 24.4 Å². The molecule has 1 amide bonds. The van der Waals surface area contributed by atoms with Gasteiger partial charge in [0.25, 0.3) is 5.91 Å². The number of hydrogen-bond acceptors (Lipinski definition) is 3. The molecular formula is C18H17N3OS. The Hall–Kier alpha value is -2.27. The van der Waals surface area contributed by atoms with Gasteiger partial charge in [-0.3, -0.25) is 9.69 Å². The lowest BCUT2D eigenvalue weighted by molar-refractivity contribution is 0.0988. The first-order chi connectivity index (χ1) is 11.3. The highest BCUT2D eigenvalue weighted by Crippen LogP contribution is 2.28. The molecule has 23 heavy (non-hydrogen) atoms. The van der Waals surface area contributed by atoms with Crippen LogP contribution in [-0.2, 0) is 12.3 Å². The smallest absolute Gasteiger partial charge is 0.260 e. The topological polar surface area (TPSA) is 38.1 Å². The summed E-state index contributed by atoms with van der Waals surface area (Å²) in [7, 11) is 0. The van der Waals surface area contributed by atoms with Gasteiger partial charge in [-0.2, -0.15) is 11.8 Å². The van der Waals surface area contributed by atoms with Crippen LogP contribution >= 0.6 is 11.8 Å². The number of amides is 1. The van der Waals surface area contributed by atoms with Crippen LogP contribution in [0.2, 0.25) is 0 Å². The Morgan fingerprint density at radius 1 is 1.17 bits per heavy atom. The summed E-state index contributed by atoms with van der Waals surface area (Å²) in [5.41, 5.74) is 3.94. The summed E-state index contributed by atoms with van der Waals surface area (Å²) < 4.78 is 2.12. The zero-order valence-electron chi connectivity index (χ0n) is 12.9. The van der Waals surface area contributed by atoms with Crippen LogP contribution in [0.15, 0.2) is 48.5 Å². The first-order valence-electron chi connectivity index (χ1n) is 7.63. The van der Waals surface area contributed by atoms with E-state index in [0.717, 1.165) is 34.8 Å². The van der Waals surface area contributed by atoms with Gasteiger partial charge in [-0.15, -0.1) is 0 Å². The molecule has 0 radical (unpaired) electrons. The van der Waals surface area contributed by atoms with E-state index in [9.17, 15) is 4.79 Å². The first-order valence-corrected chi connectivity index (χ1v) is 9.02. The zero-order valence-corrected chi connectivity index (χ0v) is 13.7. The van der Waals surface area contributed by atoms with Crippen molar-refractivity contribution in [2.45, 2.75) is 12.3 Å². The number of rotatable bonds is 3. The second-order valence-corrected chi connectivity index (χ2v) is 6.51. The van der Waals surface area contributed by atoms with Crippen LogP contribution in [0, 0.1) is 0 Å². The lowest BCUT2D eigenvalue weighted by atomic mass is 10.1. The number of imidazole rings is 1. The van der Waals surface area contributed by atoms with Crippen LogP contribution in [0.4, 0.5) is 5.95 Å². The average molecular weight is 323 g/mol. The first kappa shape index (κ1) is 14.3. The van der Waals surface area contributed by atoms with Crippen molar-refractivity contribution in [1.82, 2.24) is 9.55 Å². The molecule has 0 atom stereocenters. The lowest BCUT2D eigenvalue weighted by Crippen LogP contribution is -2.29. The fraction of sp³-hybridized carbons (Fsp3) is 0.222. The summed E-state index contributed by atoms with van der Waals surface area (Å²) in [5, 5.41) is 0. The van der Waals surface area contributed by atoms with Crippen LogP contribution in [0.5, 0.6) is 0 Å². The van der Waals surface area contributed by atoms with Crippen molar-refractivity contribution in [1.29, 1.82) is 0 Å². The molecule has 0 fully saturated rings. The summed E-state index contributed by atoms with van der Waals surface area (Å²) in [6.07, 6.45) is 2.07. The van der Waals surface area contributed by atoms with Crippen molar-refractivity contribution in [2.75, 3.05) is 17.7 Å². The molecule has 1 aliphatic rings. The van der Waals surface area contributed by atoms with Crippen molar-refractivity contribution < 1.29 is 4.79 Å². The number of thioether (sulfide) groups is 1. The van der Waals surface area contributed by atoms with Gasteiger partial charge in [-0.1, -0.05) is 24.3 Å². The number of para-hydroxylation sites is 2. The molecule has 0 unspecified atom stereocenters. The molecule has 0 aliphatic carbocycles. The number of hydrogen-bond donors (Lipinski definition) is 0. The van der Waals surface area contributed by atoms with Gasteiger partial charge >= 0.3 is 0 Å². The molecule has 2 aromatic carbocycles. The van der Waals surface area contributed by atoms with Crippen molar-refractivity contribution >= 4 is 34.7 Å². The molecule has 2 heterocycles. The third kappa shape index (κ3) is 2.41. The molecule has 4 nitrogen and oxygen atoms in total. The Balaban J connectivity index is 1.70. The number of fused-ring (bicyclic) bond motifs is 3. The van der Waals surface area contributed by atoms with E-state index in [1.807, 2.05) is 36.4 Å². The van der Waals surface area contributed by atoms with Crippen molar-refractivity contribution in [3.8, 4) is 0 Å². The molecular weight excluding hydrogens is 306 g/mol. The van der Waals surface area contributed by atoms with E-state index in [2.05, 4.69) is 27.9 Å². The molecule has 0 spiro atoms. The Morgan fingerprint density at radius 2 is 2.04 bits per heavy atom. The second kappa shape index (κ2) is 5.74. The summed E-state index contributed by atoms with van der Waals surface area (Å²) in [6, 6.07) is 15.9. The standard InChI is InChI=1S/C18H17N3OS/c1-23-12-13-5-4-6-14(11-13)17(22)21-10-9-20-16-8-3-2-7-15(16)19-18(20)21/h2-8,11H,9-10,12H2,1H3. The molecule has 0 bridgehead atoms. The summed E-state index contributed by atoms with van der Waals surface area (Å²) >= 11 is 1.76. The van der Waals surface area contributed by atoms with Gasteiger partial charge in [0.1, 0.15) is 0 Å². The van der Waals surface area contributed by atoms with E-state index in [4.69, 9.17) is 0 Å². The highest BCUT2D eigenvalue weighted by Gasteiger charge is 2.28. The van der Waals surface area contributed by atoms with E-state index in [1.54, 1.807) is 16.7 Å². The molecule has 1 aromatic heterocycles. The largest absolute Gasteiger partial charge is 0.308 e. The van der Waals surface area contributed by atoms with Crippen LogP contribution < -0.4 is 4.90 Å². The summed E-state index contributed by atoms with van der Waals surface area (Å²) in [6.45, 7) is 1.48. The summed E-state index contributed by atoms with van der Waals surface area (Å²) in [5.74, 6) is 1.70. The monoisotopic (exact) mass is 323 g/mol. The van der Waals surface area contributed by atoms with Gasteiger partial charge in [0.15, 0.2) is 0 Å². The van der Waals surface area contributed by atoms with Crippen molar-refractivity contribution in [3.05, 3.63) is 59.7 Å². The highest BCUT2D eigenvalue weighted by atomic mass is 32.2. The van der Waals surface area contributed by atoms with Crippen LogP contribution in [0.25, 0.3) is 11.0 Å². The Kier molecular flexibility index (Phi) is 3.58. The van der Waals surface area contributed by atoms with E-state index in [-0.39, 0.29) is 5.91 Å². The SMILES string of the molecule is CSCc1cccc(C(=O)N2CCn3c2nc2ccccc23)c1. The highest BCUT2D eigenvalue weighted by molar-refractivity contribution is 7.97. The van der Waals surface area contributed by atoms with Gasteiger partial charge in [-0.25, -0.2) is 4.98 Å². The minimum Gasteiger partial charge on any atom is -0.308 e. The fourth-order valence-corrected chi connectivity index (χ4v) is 3.61. The Morgan fingerprint density at radius 3 is 2.91 bits per heavy atom. The van der Waals surface area contributed by atoms with E-state index in [0.29, 0.717) is 6.54 Å². The van der Waals surface area contributed by atoms with E-state index < -0.39 is 0 Å². The van der Waals surface area contributed by atoms with Crippen LogP contribution in [-0.4, -0.2) is 28.3 Å². The van der Waals surface area contributed by atoms with Crippen LogP contribution in [0.1, 0.15) is 15.9 Å². The van der Waals surface area contributed by atoms with Crippen molar-refractivity contribution in [3.63, 3.8) is 0 Å². The van der Waals surface area contributed by atoms with E-state index >= 15 is 0 Å². The van der Waals surface area contributed by atoms with Gasteiger partial charge in [-0.05, 0) is 36.1 Å². The predicted molar refractivity (Wildman–Crippen MR) is 95.1 cm³/mol. The number of carbonyl (C=O) groups is 1. The average Bonchev–Trinajstić information content (AvgIpc) is 3.14. The maximum atomic E-state index is 12.9. The predicted octanol–water partition coefficient (Wildman–Crippen LogP) is 3.56. The number of nitrogens with zero attached hydrogens (tertiary/aromatic N) is 3. The maximum Gasteiger partial charge on any atom is 0.260 e. The maximum absolute atomic E-state index is 12.9. The Labute approximate surface area is 139 Å². The summed E-state index contributed by atoms with van der Waals surface area (Å²) in [4.78, 5) is 19.3. The number of anilines is 1. The molecule has 4 rings (SSSR count). The number of carbonyl (C=O) groups excluding carboxylic acids is 1. The van der Waals surface area contributed by atoms with Gasteiger partial charge in [0.05, 0.1) is 11.0 Å². The normalized spacial score (nSPS) is 13.5. The number of aromatic nitrogens is 2. The molecule has 3 aromatic rings. The van der Waals surface area contributed by atoms with E-state index in [1.165, 1.54) is 5.56 Å². The molecule has 116 valence electrons. The Bertz CT molecular complexity index is 887. The lowest BCUT2D eigenvalue weighted by Gasteiger charge is -2.14. The zero-order chi connectivity index (χ0) is 15.8. The molecule has 5 heteroatoms. The quantitative estimate of drug-likeness (QED) is 0.740.